The third kappa shape index (κ3) is 2.04. The molecule has 6 N–H and O–H groups in total. The number of aliphatic imine (C=N–C) groups is 1. The van der Waals surface area contributed by atoms with Crippen molar-refractivity contribution >= 4 is 23.2 Å². The van der Waals surface area contributed by atoms with Gasteiger partial charge in [-0.25, -0.2) is 0 Å². The van der Waals surface area contributed by atoms with Gasteiger partial charge in [0.2, 0.25) is 0 Å². The zero-order valence-corrected chi connectivity index (χ0v) is 8.07. The Bertz CT molecular complexity index is 380. The number of nitrogen functional groups attached to an aromatic ring is 2. The van der Waals surface area contributed by atoms with Crippen molar-refractivity contribution in [3.05, 3.63) is 30.0 Å². The third-order valence-corrected chi connectivity index (χ3v) is 1.87. The van der Waals surface area contributed by atoms with Crippen LogP contribution in [-0.4, -0.2) is 13.3 Å². The first-order valence-electron chi connectivity index (χ1n) is 4.18. The second kappa shape index (κ2) is 4.32. The minimum atomic E-state index is 0.548. The van der Waals surface area contributed by atoms with Crippen LogP contribution in [0.2, 0.25) is 0 Å². The van der Waals surface area contributed by atoms with E-state index in [-0.39, 0.29) is 0 Å². The molecule has 14 heavy (non-hydrogen) atoms. The van der Waals surface area contributed by atoms with Crippen molar-refractivity contribution in [2.75, 3.05) is 18.5 Å². The molecule has 74 valence electrons. The lowest BCUT2D eigenvalue weighted by atomic mass is 10.1. The van der Waals surface area contributed by atoms with Crippen LogP contribution < -0.4 is 17.2 Å². The van der Waals surface area contributed by atoms with Gasteiger partial charge in [-0.15, -0.1) is 0 Å². The number of anilines is 2. The van der Waals surface area contributed by atoms with Crippen molar-refractivity contribution in [3.63, 3.8) is 0 Å². The molecule has 0 fully saturated rings. The van der Waals surface area contributed by atoms with Crippen LogP contribution in [0.3, 0.4) is 0 Å². The lowest BCUT2D eigenvalue weighted by molar-refractivity contribution is 1.47. The molecule has 0 aliphatic heterocycles. The van der Waals surface area contributed by atoms with Gasteiger partial charge in [-0.3, -0.25) is 4.99 Å². The summed E-state index contributed by atoms with van der Waals surface area (Å²) < 4.78 is 0. The first kappa shape index (κ1) is 10.1. The van der Waals surface area contributed by atoms with Gasteiger partial charge in [0, 0.05) is 25.0 Å². The van der Waals surface area contributed by atoms with Gasteiger partial charge in [-0.2, -0.15) is 0 Å². The maximum Gasteiger partial charge on any atom is 0.0554 e. The summed E-state index contributed by atoms with van der Waals surface area (Å²) in [5, 5.41) is 0. The smallest absolute Gasteiger partial charge is 0.0554 e. The molecule has 0 bridgehead atoms. The van der Waals surface area contributed by atoms with E-state index in [1.54, 1.807) is 25.4 Å². The molecule has 0 aromatic heterocycles. The number of hydrogen-bond acceptors (Lipinski definition) is 4. The highest BCUT2D eigenvalue weighted by atomic mass is 14.7. The first-order chi connectivity index (χ1) is 6.69. The molecular weight excluding hydrogens is 176 g/mol. The van der Waals surface area contributed by atoms with Gasteiger partial charge in [0.05, 0.1) is 11.4 Å². The van der Waals surface area contributed by atoms with Crippen LogP contribution in [0.5, 0.6) is 0 Å². The molecule has 0 unspecified atom stereocenters. The van der Waals surface area contributed by atoms with Crippen molar-refractivity contribution in [2.24, 2.45) is 10.7 Å². The summed E-state index contributed by atoms with van der Waals surface area (Å²) in [4.78, 5) is 3.89. The van der Waals surface area contributed by atoms with Crippen LogP contribution in [0, 0.1) is 0 Å². The van der Waals surface area contributed by atoms with Crippen molar-refractivity contribution in [1.82, 2.24) is 0 Å². The largest absolute Gasteiger partial charge is 0.404 e. The molecule has 0 aliphatic carbocycles. The Morgan fingerprint density at radius 1 is 1.29 bits per heavy atom. The van der Waals surface area contributed by atoms with Crippen LogP contribution in [0.15, 0.2) is 29.4 Å². The second-order valence-electron chi connectivity index (χ2n) is 2.85. The normalized spacial score (nSPS) is 12.2. The van der Waals surface area contributed by atoms with E-state index < -0.39 is 0 Å². The number of hydrogen-bond donors (Lipinski definition) is 3. The van der Waals surface area contributed by atoms with Gasteiger partial charge >= 0.3 is 0 Å². The SMILES string of the molecule is CN=C/C(=C\N)c1ccc(N)c(N)c1. The molecule has 0 saturated heterocycles. The van der Waals surface area contributed by atoms with Crippen molar-refractivity contribution in [3.8, 4) is 0 Å². The second-order valence-corrected chi connectivity index (χ2v) is 2.85. The number of allylic oxidation sites excluding steroid dienone is 1. The molecule has 4 heteroatoms. The van der Waals surface area contributed by atoms with Gasteiger partial charge in [-0.1, -0.05) is 6.07 Å². The molecule has 0 aliphatic rings. The fourth-order valence-corrected chi connectivity index (χ4v) is 1.11. The van der Waals surface area contributed by atoms with Crippen molar-refractivity contribution < 1.29 is 0 Å². The topological polar surface area (TPSA) is 90.4 Å². The maximum atomic E-state index is 5.67. The lowest BCUT2D eigenvalue weighted by Crippen LogP contribution is -1.97. The molecule has 1 aromatic rings. The fourth-order valence-electron chi connectivity index (χ4n) is 1.11. The molecule has 0 atom stereocenters. The quantitative estimate of drug-likeness (QED) is 0.477. The standard InChI is InChI=1S/C10H14N4/c1-14-6-8(5-11)7-2-3-9(12)10(13)4-7/h2-6H,11-13H2,1H3/b8-5+,14-6?. The summed E-state index contributed by atoms with van der Waals surface area (Å²) in [6.45, 7) is 0. The zero-order chi connectivity index (χ0) is 10.6. The number of benzene rings is 1. The fraction of sp³-hybridized carbons (Fsp3) is 0.100. The Balaban J connectivity index is 3.13. The van der Waals surface area contributed by atoms with E-state index in [2.05, 4.69) is 4.99 Å². The zero-order valence-electron chi connectivity index (χ0n) is 8.07. The Morgan fingerprint density at radius 2 is 2.00 bits per heavy atom. The average molecular weight is 190 g/mol. The summed E-state index contributed by atoms with van der Waals surface area (Å²) in [5.74, 6) is 0. The monoisotopic (exact) mass is 190 g/mol. The van der Waals surface area contributed by atoms with Crippen LogP contribution in [0.4, 0.5) is 11.4 Å². The molecule has 0 saturated carbocycles. The van der Waals surface area contributed by atoms with Crippen LogP contribution in [-0.2, 0) is 0 Å². The van der Waals surface area contributed by atoms with Crippen molar-refractivity contribution in [2.45, 2.75) is 0 Å². The maximum absolute atomic E-state index is 5.67. The molecular formula is C10H14N4. The summed E-state index contributed by atoms with van der Waals surface area (Å²) in [6, 6.07) is 5.37. The molecule has 0 heterocycles. The van der Waals surface area contributed by atoms with Crippen LogP contribution in [0.1, 0.15) is 5.56 Å². The number of nitrogens with two attached hydrogens (primary N) is 3. The first-order valence-corrected chi connectivity index (χ1v) is 4.18. The van der Waals surface area contributed by atoms with Gasteiger partial charge in [0.1, 0.15) is 0 Å². The number of rotatable bonds is 2. The van der Waals surface area contributed by atoms with Gasteiger partial charge in [-0.05, 0) is 17.7 Å². The van der Waals surface area contributed by atoms with E-state index in [0.29, 0.717) is 11.4 Å². The van der Waals surface area contributed by atoms with E-state index in [0.717, 1.165) is 11.1 Å². The predicted octanol–water partition coefficient (Wildman–Crippen LogP) is 0.851. The Hall–Kier alpha value is -1.97. The Labute approximate surface area is 83.1 Å². The van der Waals surface area contributed by atoms with E-state index in [4.69, 9.17) is 17.2 Å². The van der Waals surface area contributed by atoms with Gasteiger partial charge < -0.3 is 17.2 Å². The summed E-state index contributed by atoms with van der Waals surface area (Å²) >= 11 is 0. The molecule has 4 nitrogen and oxygen atoms in total. The third-order valence-electron chi connectivity index (χ3n) is 1.87. The summed E-state index contributed by atoms with van der Waals surface area (Å²) in [7, 11) is 1.68. The van der Waals surface area contributed by atoms with Crippen LogP contribution in [0.25, 0.3) is 5.57 Å². The van der Waals surface area contributed by atoms with Gasteiger partial charge in [0.15, 0.2) is 0 Å². The average Bonchev–Trinajstić information content (AvgIpc) is 2.19. The molecule has 1 aromatic carbocycles. The Morgan fingerprint density at radius 3 is 2.50 bits per heavy atom. The molecule has 1 rings (SSSR count). The Kier molecular flexibility index (Phi) is 3.12. The van der Waals surface area contributed by atoms with Gasteiger partial charge in [0.25, 0.3) is 0 Å². The predicted molar refractivity (Wildman–Crippen MR) is 61.8 cm³/mol. The van der Waals surface area contributed by atoms with E-state index in [1.165, 1.54) is 6.20 Å². The molecule has 0 spiro atoms. The summed E-state index contributed by atoms with van der Waals surface area (Å²) in [5.41, 5.74) is 19.6. The molecule has 0 amide bonds. The summed E-state index contributed by atoms with van der Waals surface area (Å²) in [6.07, 6.45) is 3.16. The van der Waals surface area contributed by atoms with E-state index in [1.807, 2.05) is 6.07 Å². The molecule has 0 radical (unpaired) electrons. The highest BCUT2D eigenvalue weighted by Crippen LogP contribution is 2.20. The van der Waals surface area contributed by atoms with Crippen molar-refractivity contribution in [1.29, 1.82) is 0 Å². The minimum absolute atomic E-state index is 0.548. The van der Waals surface area contributed by atoms with Crippen LogP contribution >= 0.6 is 0 Å². The number of nitrogens with zero attached hydrogens (tertiary/aromatic N) is 1. The van der Waals surface area contributed by atoms with E-state index >= 15 is 0 Å². The highest BCUT2D eigenvalue weighted by molar-refractivity contribution is 6.10. The lowest BCUT2D eigenvalue weighted by Gasteiger charge is -2.04. The highest BCUT2D eigenvalue weighted by Gasteiger charge is 2.00. The minimum Gasteiger partial charge on any atom is -0.404 e. The van der Waals surface area contributed by atoms with E-state index in [9.17, 15) is 0 Å².